The Hall–Kier alpha value is -2.19. The molecule has 0 saturated heterocycles. The Morgan fingerprint density at radius 3 is 2.72 bits per heavy atom. The molecule has 0 spiro atoms. The van der Waals surface area contributed by atoms with Crippen molar-refractivity contribution in [1.82, 2.24) is 14.4 Å². The Labute approximate surface area is 112 Å². The zero-order valence-electron chi connectivity index (χ0n) is 9.21. The van der Waals surface area contributed by atoms with Crippen molar-refractivity contribution in [2.45, 2.75) is 0 Å². The van der Waals surface area contributed by atoms with E-state index in [0.29, 0.717) is 11.4 Å². The van der Waals surface area contributed by atoms with Gasteiger partial charge in [0.15, 0.2) is 11.3 Å². The molecule has 0 N–H and O–H groups in total. The molecule has 0 aromatic carbocycles. The van der Waals surface area contributed by atoms with Crippen LogP contribution in [0.15, 0.2) is 47.3 Å². The molecule has 0 radical (unpaired) electrons. The molecular formula is C13H7BrN4. The van der Waals surface area contributed by atoms with Gasteiger partial charge in [-0.1, -0.05) is 0 Å². The van der Waals surface area contributed by atoms with E-state index in [1.54, 1.807) is 16.8 Å². The van der Waals surface area contributed by atoms with Crippen LogP contribution < -0.4 is 0 Å². The van der Waals surface area contributed by atoms with Gasteiger partial charge >= 0.3 is 0 Å². The van der Waals surface area contributed by atoms with Crippen LogP contribution in [0.4, 0.5) is 0 Å². The molecule has 0 aliphatic rings. The third-order valence-corrected chi connectivity index (χ3v) is 3.28. The second-order valence-corrected chi connectivity index (χ2v) is 4.56. The van der Waals surface area contributed by atoms with Gasteiger partial charge in [0, 0.05) is 24.2 Å². The first-order chi connectivity index (χ1) is 8.81. The number of hydrogen-bond acceptors (Lipinski definition) is 3. The maximum absolute atomic E-state index is 9.32. The van der Waals surface area contributed by atoms with Crippen molar-refractivity contribution >= 4 is 21.6 Å². The highest BCUT2D eigenvalue weighted by molar-refractivity contribution is 9.10. The molecule has 18 heavy (non-hydrogen) atoms. The van der Waals surface area contributed by atoms with Crippen LogP contribution in [-0.4, -0.2) is 14.4 Å². The number of fused-ring (bicyclic) bond motifs is 1. The molecule has 5 heteroatoms. The van der Waals surface area contributed by atoms with Crippen molar-refractivity contribution in [2.24, 2.45) is 0 Å². The van der Waals surface area contributed by atoms with Crippen molar-refractivity contribution in [2.75, 3.05) is 0 Å². The third kappa shape index (κ3) is 1.59. The number of aromatic nitrogens is 3. The summed E-state index contributed by atoms with van der Waals surface area (Å²) in [5.74, 6) is 0. The lowest BCUT2D eigenvalue weighted by Gasteiger charge is -1.96. The van der Waals surface area contributed by atoms with E-state index in [1.807, 2.05) is 30.5 Å². The minimum atomic E-state index is 0.525. The molecule has 0 aliphatic carbocycles. The number of hydrogen-bond donors (Lipinski definition) is 0. The smallest absolute Gasteiger partial charge is 0.152 e. The summed E-state index contributed by atoms with van der Waals surface area (Å²) in [5.41, 5.74) is 2.82. The molecule has 3 rings (SSSR count). The van der Waals surface area contributed by atoms with Gasteiger partial charge in [0.05, 0.1) is 4.47 Å². The van der Waals surface area contributed by atoms with Gasteiger partial charge in [-0.25, -0.2) is 4.98 Å². The quantitative estimate of drug-likeness (QED) is 0.694. The monoisotopic (exact) mass is 298 g/mol. The van der Waals surface area contributed by atoms with E-state index in [9.17, 15) is 5.26 Å². The lowest BCUT2D eigenvalue weighted by Crippen LogP contribution is -1.88. The Balaban J connectivity index is 2.38. The summed E-state index contributed by atoms with van der Waals surface area (Å²) in [6, 6.07) is 9.66. The van der Waals surface area contributed by atoms with E-state index in [2.05, 4.69) is 32.0 Å². The van der Waals surface area contributed by atoms with Gasteiger partial charge in [0.1, 0.15) is 11.8 Å². The molecule has 0 saturated carbocycles. The molecular weight excluding hydrogens is 292 g/mol. The van der Waals surface area contributed by atoms with Crippen LogP contribution in [0.5, 0.6) is 0 Å². The summed E-state index contributed by atoms with van der Waals surface area (Å²) < 4.78 is 2.64. The van der Waals surface area contributed by atoms with Gasteiger partial charge in [-0.15, -0.1) is 0 Å². The fraction of sp³-hybridized carbons (Fsp3) is 0. The molecule has 0 fully saturated rings. The van der Waals surface area contributed by atoms with Crippen LogP contribution in [0.2, 0.25) is 0 Å². The van der Waals surface area contributed by atoms with E-state index < -0.39 is 0 Å². The summed E-state index contributed by atoms with van der Waals surface area (Å²) in [7, 11) is 0. The van der Waals surface area contributed by atoms with Crippen LogP contribution >= 0.6 is 15.9 Å². The molecule has 0 unspecified atom stereocenters. The van der Waals surface area contributed by atoms with E-state index in [0.717, 1.165) is 15.7 Å². The molecule has 3 heterocycles. The van der Waals surface area contributed by atoms with Gasteiger partial charge in [0.25, 0.3) is 0 Å². The molecule has 3 aromatic rings. The minimum absolute atomic E-state index is 0.525. The van der Waals surface area contributed by atoms with E-state index in [1.165, 1.54) is 0 Å². The standard InChI is InChI=1S/C13H7BrN4/c14-10-2-1-7-18-11(8-15)12(17-13(10)18)9-3-5-16-6-4-9/h1-7H. The minimum Gasteiger partial charge on any atom is -0.290 e. The fourth-order valence-corrected chi connectivity index (χ4v) is 2.28. The summed E-state index contributed by atoms with van der Waals surface area (Å²) in [6.07, 6.45) is 5.21. The van der Waals surface area contributed by atoms with Crippen LogP contribution in [-0.2, 0) is 0 Å². The highest BCUT2D eigenvalue weighted by atomic mass is 79.9. The van der Waals surface area contributed by atoms with E-state index in [-0.39, 0.29) is 0 Å². The zero-order valence-corrected chi connectivity index (χ0v) is 10.8. The van der Waals surface area contributed by atoms with Crippen LogP contribution in [0.3, 0.4) is 0 Å². The lowest BCUT2D eigenvalue weighted by atomic mass is 10.2. The predicted molar refractivity (Wildman–Crippen MR) is 70.8 cm³/mol. The van der Waals surface area contributed by atoms with Gasteiger partial charge in [-0.2, -0.15) is 5.26 Å². The Kier molecular flexibility index (Phi) is 2.58. The van der Waals surface area contributed by atoms with E-state index >= 15 is 0 Å². The molecule has 0 atom stereocenters. The molecule has 3 aromatic heterocycles. The van der Waals surface area contributed by atoms with Gasteiger partial charge < -0.3 is 0 Å². The molecule has 4 nitrogen and oxygen atoms in total. The summed E-state index contributed by atoms with van der Waals surface area (Å²) in [4.78, 5) is 8.49. The molecule has 86 valence electrons. The SMILES string of the molecule is N#Cc1c(-c2ccncc2)nc2c(Br)cccn12. The summed E-state index contributed by atoms with van der Waals surface area (Å²) in [6.45, 7) is 0. The van der Waals surface area contributed by atoms with Gasteiger partial charge in [0.2, 0.25) is 0 Å². The Morgan fingerprint density at radius 2 is 2.00 bits per heavy atom. The van der Waals surface area contributed by atoms with Crippen LogP contribution in [0.1, 0.15) is 5.69 Å². The normalized spacial score (nSPS) is 10.4. The number of nitriles is 1. The average molecular weight is 299 g/mol. The third-order valence-electron chi connectivity index (χ3n) is 2.66. The van der Waals surface area contributed by atoms with E-state index in [4.69, 9.17) is 0 Å². The highest BCUT2D eigenvalue weighted by Gasteiger charge is 2.14. The van der Waals surface area contributed by atoms with Crippen molar-refractivity contribution in [3.05, 3.63) is 53.0 Å². The van der Waals surface area contributed by atoms with Crippen molar-refractivity contribution in [3.8, 4) is 17.3 Å². The molecule has 0 amide bonds. The van der Waals surface area contributed by atoms with Crippen LogP contribution in [0, 0.1) is 11.3 Å². The molecule has 0 aliphatic heterocycles. The summed E-state index contributed by atoms with van der Waals surface area (Å²) >= 11 is 3.44. The van der Waals surface area contributed by atoms with Gasteiger partial charge in [-0.3, -0.25) is 9.38 Å². The van der Waals surface area contributed by atoms with Crippen molar-refractivity contribution < 1.29 is 0 Å². The first-order valence-electron chi connectivity index (χ1n) is 5.28. The number of pyridine rings is 2. The maximum atomic E-state index is 9.32. The lowest BCUT2D eigenvalue weighted by molar-refractivity contribution is 1.15. The number of imidazole rings is 1. The largest absolute Gasteiger partial charge is 0.290 e. The van der Waals surface area contributed by atoms with Gasteiger partial charge in [-0.05, 0) is 40.2 Å². The zero-order chi connectivity index (χ0) is 12.5. The fourth-order valence-electron chi connectivity index (χ4n) is 1.85. The first-order valence-corrected chi connectivity index (χ1v) is 6.07. The second-order valence-electron chi connectivity index (χ2n) is 3.71. The number of halogens is 1. The number of rotatable bonds is 1. The highest BCUT2D eigenvalue weighted by Crippen LogP contribution is 2.26. The topological polar surface area (TPSA) is 54.0 Å². The van der Waals surface area contributed by atoms with Crippen molar-refractivity contribution in [1.29, 1.82) is 5.26 Å². The second kappa shape index (κ2) is 4.24. The van der Waals surface area contributed by atoms with Crippen LogP contribution in [0.25, 0.3) is 16.9 Å². The predicted octanol–water partition coefficient (Wildman–Crippen LogP) is 3.03. The van der Waals surface area contributed by atoms with Crippen molar-refractivity contribution in [3.63, 3.8) is 0 Å². The Bertz CT molecular complexity index is 756. The Morgan fingerprint density at radius 1 is 1.22 bits per heavy atom. The average Bonchev–Trinajstić information content (AvgIpc) is 2.80. The maximum Gasteiger partial charge on any atom is 0.152 e. The molecule has 0 bridgehead atoms. The number of nitrogens with zero attached hydrogens (tertiary/aromatic N) is 4. The first kappa shape index (κ1) is 10.9. The summed E-state index contributed by atoms with van der Waals surface area (Å²) in [5, 5.41) is 9.32.